The van der Waals surface area contributed by atoms with Crippen LogP contribution in [-0.2, 0) is 4.79 Å². The van der Waals surface area contributed by atoms with Crippen molar-refractivity contribution in [1.29, 1.82) is 0 Å². The highest BCUT2D eigenvalue weighted by Crippen LogP contribution is 2.18. The molecule has 0 saturated heterocycles. The molecular weight excluding hydrogens is 312 g/mol. The van der Waals surface area contributed by atoms with Crippen LogP contribution in [0.5, 0.6) is 5.75 Å². The monoisotopic (exact) mass is 346 g/mol. The SMILES string of the molecule is C=Cc1ccc(OC(CCCCCCCCCCCC)C(=O)O)cc1. The lowest BCUT2D eigenvalue weighted by Crippen LogP contribution is -2.26. The van der Waals surface area contributed by atoms with E-state index in [-0.39, 0.29) is 0 Å². The maximum absolute atomic E-state index is 11.4. The Hall–Kier alpha value is -1.77. The number of aliphatic carboxylic acids is 1. The number of carbonyl (C=O) groups is 1. The molecule has 0 saturated carbocycles. The van der Waals surface area contributed by atoms with Crippen LogP contribution < -0.4 is 4.74 Å². The van der Waals surface area contributed by atoms with Crippen molar-refractivity contribution in [2.24, 2.45) is 0 Å². The van der Waals surface area contributed by atoms with Crippen LogP contribution in [0.15, 0.2) is 30.8 Å². The molecule has 0 amide bonds. The summed E-state index contributed by atoms with van der Waals surface area (Å²) in [4.78, 5) is 11.4. The van der Waals surface area contributed by atoms with Crippen LogP contribution in [0.25, 0.3) is 6.08 Å². The third-order valence-corrected chi connectivity index (χ3v) is 4.49. The maximum Gasteiger partial charge on any atom is 0.344 e. The summed E-state index contributed by atoms with van der Waals surface area (Å²) in [5.41, 5.74) is 0.994. The van der Waals surface area contributed by atoms with Gasteiger partial charge in [0.05, 0.1) is 0 Å². The highest BCUT2D eigenvalue weighted by atomic mass is 16.5. The highest BCUT2D eigenvalue weighted by molar-refractivity contribution is 5.72. The van der Waals surface area contributed by atoms with E-state index in [1.54, 1.807) is 18.2 Å². The second-order valence-corrected chi connectivity index (χ2v) is 6.69. The fraction of sp³-hybridized carbons (Fsp3) is 0.591. The van der Waals surface area contributed by atoms with Crippen molar-refractivity contribution in [3.63, 3.8) is 0 Å². The number of carboxylic acid groups (broad SMARTS) is 1. The molecule has 1 rings (SSSR count). The molecule has 140 valence electrons. The summed E-state index contributed by atoms with van der Waals surface area (Å²) >= 11 is 0. The summed E-state index contributed by atoms with van der Waals surface area (Å²) in [7, 11) is 0. The zero-order valence-electron chi connectivity index (χ0n) is 15.7. The van der Waals surface area contributed by atoms with Gasteiger partial charge in [-0.15, -0.1) is 0 Å². The van der Waals surface area contributed by atoms with Gasteiger partial charge in [0.1, 0.15) is 5.75 Å². The topological polar surface area (TPSA) is 46.5 Å². The summed E-state index contributed by atoms with van der Waals surface area (Å²) in [5, 5.41) is 9.34. The number of hydrogen-bond donors (Lipinski definition) is 1. The molecule has 0 spiro atoms. The normalized spacial score (nSPS) is 11.9. The number of rotatable bonds is 15. The van der Waals surface area contributed by atoms with E-state index in [4.69, 9.17) is 4.74 Å². The molecular formula is C22H34O3. The van der Waals surface area contributed by atoms with Gasteiger partial charge in [0.2, 0.25) is 0 Å². The average Bonchev–Trinajstić information content (AvgIpc) is 2.62. The van der Waals surface area contributed by atoms with Crippen LogP contribution in [0.1, 0.15) is 83.1 Å². The highest BCUT2D eigenvalue weighted by Gasteiger charge is 2.18. The Balaban J connectivity index is 2.16. The summed E-state index contributed by atoms with van der Waals surface area (Å²) in [6.07, 6.45) is 14.0. The van der Waals surface area contributed by atoms with E-state index in [0.29, 0.717) is 12.2 Å². The predicted octanol–water partition coefficient (Wildman–Crippen LogP) is 6.47. The van der Waals surface area contributed by atoms with Crippen LogP contribution in [0.2, 0.25) is 0 Å². The van der Waals surface area contributed by atoms with Gasteiger partial charge in [-0.05, 0) is 30.5 Å². The second kappa shape index (κ2) is 13.5. The van der Waals surface area contributed by atoms with E-state index < -0.39 is 12.1 Å². The van der Waals surface area contributed by atoms with Crippen molar-refractivity contribution in [2.75, 3.05) is 0 Å². The average molecular weight is 347 g/mol. The first-order valence-electron chi connectivity index (χ1n) is 9.79. The Morgan fingerprint density at radius 3 is 2.00 bits per heavy atom. The lowest BCUT2D eigenvalue weighted by atomic mass is 10.0. The molecule has 0 fully saturated rings. The van der Waals surface area contributed by atoms with Gasteiger partial charge in [-0.2, -0.15) is 0 Å². The molecule has 0 heterocycles. The Kier molecular flexibility index (Phi) is 11.5. The van der Waals surface area contributed by atoms with Gasteiger partial charge in [0.15, 0.2) is 6.10 Å². The van der Waals surface area contributed by atoms with Crippen molar-refractivity contribution in [1.82, 2.24) is 0 Å². The van der Waals surface area contributed by atoms with E-state index in [1.165, 1.54) is 51.4 Å². The van der Waals surface area contributed by atoms with E-state index >= 15 is 0 Å². The number of benzene rings is 1. The largest absolute Gasteiger partial charge is 0.479 e. The fourth-order valence-corrected chi connectivity index (χ4v) is 2.90. The molecule has 0 aliphatic carbocycles. The predicted molar refractivity (Wildman–Crippen MR) is 105 cm³/mol. The smallest absolute Gasteiger partial charge is 0.344 e. The molecule has 1 atom stereocenters. The van der Waals surface area contributed by atoms with Crippen LogP contribution in [0, 0.1) is 0 Å². The number of carboxylic acids is 1. The standard InChI is InChI=1S/C22H34O3/c1-3-5-6-7-8-9-10-11-12-13-14-21(22(23)24)25-20-17-15-19(4-2)16-18-20/h4,15-18,21H,2-3,5-14H2,1H3,(H,23,24). The van der Waals surface area contributed by atoms with Crippen molar-refractivity contribution in [3.05, 3.63) is 36.4 Å². The van der Waals surface area contributed by atoms with Crippen LogP contribution >= 0.6 is 0 Å². The zero-order valence-corrected chi connectivity index (χ0v) is 15.7. The Morgan fingerprint density at radius 1 is 1.00 bits per heavy atom. The molecule has 0 aliphatic rings. The third kappa shape index (κ3) is 9.96. The van der Waals surface area contributed by atoms with Gasteiger partial charge in [-0.25, -0.2) is 4.79 Å². The van der Waals surface area contributed by atoms with Gasteiger partial charge in [-0.1, -0.05) is 89.5 Å². The molecule has 25 heavy (non-hydrogen) atoms. The number of hydrogen-bond acceptors (Lipinski definition) is 2. The Labute approximate surface area is 153 Å². The lowest BCUT2D eigenvalue weighted by molar-refractivity contribution is -0.145. The molecule has 1 aromatic carbocycles. The van der Waals surface area contributed by atoms with Gasteiger partial charge in [-0.3, -0.25) is 0 Å². The molecule has 1 N–H and O–H groups in total. The van der Waals surface area contributed by atoms with Crippen LogP contribution in [0.3, 0.4) is 0 Å². The minimum Gasteiger partial charge on any atom is -0.479 e. The summed E-state index contributed by atoms with van der Waals surface area (Å²) in [5.74, 6) is -0.284. The first-order valence-corrected chi connectivity index (χ1v) is 9.79. The van der Waals surface area contributed by atoms with Gasteiger partial charge in [0.25, 0.3) is 0 Å². The molecule has 0 aromatic heterocycles. The third-order valence-electron chi connectivity index (χ3n) is 4.49. The minimum absolute atomic E-state index is 0.565. The molecule has 0 aliphatic heterocycles. The van der Waals surface area contributed by atoms with Crippen LogP contribution in [0.4, 0.5) is 0 Å². The second-order valence-electron chi connectivity index (χ2n) is 6.69. The van der Waals surface area contributed by atoms with Crippen molar-refractivity contribution < 1.29 is 14.6 Å². The van der Waals surface area contributed by atoms with Crippen LogP contribution in [-0.4, -0.2) is 17.2 Å². The first kappa shape index (κ1) is 21.3. The van der Waals surface area contributed by atoms with Crippen molar-refractivity contribution in [2.45, 2.75) is 83.7 Å². The first-order chi connectivity index (χ1) is 12.2. The fourth-order valence-electron chi connectivity index (χ4n) is 2.90. The van der Waals surface area contributed by atoms with Gasteiger partial charge in [0, 0.05) is 0 Å². The number of unbranched alkanes of at least 4 members (excludes halogenated alkanes) is 9. The number of ether oxygens (including phenoxy) is 1. The lowest BCUT2D eigenvalue weighted by Gasteiger charge is -2.15. The summed E-state index contributed by atoms with van der Waals surface area (Å²) in [6.45, 7) is 5.94. The molecule has 0 bridgehead atoms. The summed E-state index contributed by atoms with van der Waals surface area (Å²) < 4.78 is 5.62. The van der Waals surface area contributed by atoms with Gasteiger partial charge < -0.3 is 9.84 Å². The van der Waals surface area contributed by atoms with Gasteiger partial charge >= 0.3 is 5.97 Å². The zero-order chi connectivity index (χ0) is 18.3. The maximum atomic E-state index is 11.4. The molecule has 3 nitrogen and oxygen atoms in total. The Morgan fingerprint density at radius 2 is 1.52 bits per heavy atom. The molecule has 1 aromatic rings. The van der Waals surface area contributed by atoms with E-state index in [1.807, 2.05) is 12.1 Å². The molecule has 0 radical (unpaired) electrons. The molecule has 3 heteroatoms. The molecule has 1 unspecified atom stereocenters. The van der Waals surface area contributed by atoms with E-state index in [0.717, 1.165) is 18.4 Å². The summed E-state index contributed by atoms with van der Waals surface area (Å²) in [6, 6.07) is 7.35. The minimum atomic E-state index is -0.885. The quantitative estimate of drug-likeness (QED) is 0.370. The Bertz CT molecular complexity index is 479. The van der Waals surface area contributed by atoms with E-state index in [2.05, 4.69) is 13.5 Å². The van der Waals surface area contributed by atoms with Crippen molar-refractivity contribution >= 4 is 12.0 Å². The van der Waals surface area contributed by atoms with Crippen molar-refractivity contribution in [3.8, 4) is 5.75 Å². The van der Waals surface area contributed by atoms with E-state index in [9.17, 15) is 9.90 Å².